The number of carbonyl (C=O) groups excluding carboxylic acids is 1. The van der Waals surface area contributed by atoms with Crippen LogP contribution < -0.4 is 0 Å². The molecular weight excluding hydrogens is 226 g/mol. The highest BCUT2D eigenvalue weighted by Crippen LogP contribution is 2.07. The molecule has 16 heavy (non-hydrogen) atoms. The number of halogens is 1. The van der Waals surface area contributed by atoms with Gasteiger partial charge in [0.25, 0.3) is 5.91 Å². The number of hydrogen-bond acceptors (Lipinski definition) is 3. The quantitative estimate of drug-likeness (QED) is 0.812. The third-order valence-corrected chi connectivity index (χ3v) is 2.39. The van der Waals surface area contributed by atoms with Crippen molar-refractivity contribution in [3.8, 4) is 0 Å². The Morgan fingerprint density at radius 2 is 2.19 bits per heavy atom. The predicted molar refractivity (Wildman–Crippen MR) is 63.5 cm³/mol. The van der Waals surface area contributed by atoms with Gasteiger partial charge in [0, 0.05) is 13.6 Å². The zero-order valence-electron chi connectivity index (χ0n) is 9.77. The molecular formula is C11H16ClN3O. The number of aromatic nitrogens is 2. The second-order valence-corrected chi connectivity index (χ2v) is 4.52. The van der Waals surface area contributed by atoms with E-state index in [1.54, 1.807) is 11.9 Å². The van der Waals surface area contributed by atoms with Crippen LogP contribution in [-0.4, -0.2) is 34.4 Å². The highest BCUT2D eigenvalue weighted by molar-refractivity contribution is 6.29. The summed E-state index contributed by atoms with van der Waals surface area (Å²) in [6.07, 6.45) is 3.81. The van der Waals surface area contributed by atoms with Crippen LogP contribution in [0.5, 0.6) is 0 Å². The summed E-state index contributed by atoms with van der Waals surface area (Å²) in [5, 5.41) is 0.239. The van der Waals surface area contributed by atoms with Crippen LogP contribution in [0.2, 0.25) is 5.15 Å². The number of carbonyl (C=O) groups is 1. The lowest BCUT2D eigenvalue weighted by atomic mass is 10.1. The molecule has 0 spiro atoms. The molecule has 1 aromatic rings. The molecule has 0 unspecified atom stereocenters. The van der Waals surface area contributed by atoms with Crippen molar-refractivity contribution in [2.24, 2.45) is 5.92 Å². The van der Waals surface area contributed by atoms with E-state index in [0.717, 1.165) is 6.42 Å². The van der Waals surface area contributed by atoms with Gasteiger partial charge in [-0.25, -0.2) is 4.98 Å². The van der Waals surface area contributed by atoms with Gasteiger partial charge in [-0.15, -0.1) is 0 Å². The molecule has 0 aliphatic heterocycles. The molecule has 0 aliphatic rings. The van der Waals surface area contributed by atoms with Gasteiger partial charge in [0.05, 0.1) is 12.4 Å². The molecule has 0 N–H and O–H groups in total. The number of nitrogens with zero attached hydrogens (tertiary/aromatic N) is 3. The number of amides is 1. The molecule has 0 aliphatic carbocycles. The maximum absolute atomic E-state index is 11.9. The Bertz CT molecular complexity index is 368. The van der Waals surface area contributed by atoms with Crippen molar-refractivity contribution in [3.63, 3.8) is 0 Å². The van der Waals surface area contributed by atoms with E-state index in [0.29, 0.717) is 18.2 Å². The first-order chi connectivity index (χ1) is 7.50. The van der Waals surface area contributed by atoms with Gasteiger partial charge < -0.3 is 4.90 Å². The summed E-state index contributed by atoms with van der Waals surface area (Å²) in [4.78, 5) is 21.3. The molecule has 0 bridgehead atoms. The zero-order chi connectivity index (χ0) is 12.1. The third kappa shape index (κ3) is 3.77. The van der Waals surface area contributed by atoms with Crippen LogP contribution in [-0.2, 0) is 0 Å². The summed E-state index contributed by atoms with van der Waals surface area (Å²) < 4.78 is 0. The van der Waals surface area contributed by atoms with Crippen molar-refractivity contribution in [2.45, 2.75) is 20.3 Å². The van der Waals surface area contributed by atoms with E-state index < -0.39 is 0 Å². The van der Waals surface area contributed by atoms with Crippen molar-refractivity contribution in [1.82, 2.24) is 14.9 Å². The maximum Gasteiger partial charge on any atom is 0.273 e. The lowest BCUT2D eigenvalue weighted by Gasteiger charge is -2.17. The summed E-state index contributed by atoms with van der Waals surface area (Å²) >= 11 is 5.68. The standard InChI is InChI=1S/C11H16ClN3O/c1-8(2)4-5-15(3)11(16)9-6-13-7-10(12)14-9/h6-8H,4-5H2,1-3H3. The molecule has 88 valence electrons. The average molecular weight is 242 g/mol. The van der Waals surface area contributed by atoms with Gasteiger partial charge >= 0.3 is 0 Å². The first-order valence-electron chi connectivity index (χ1n) is 5.23. The lowest BCUT2D eigenvalue weighted by molar-refractivity contribution is 0.0783. The Kier molecular flexibility index (Phi) is 4.68. The Hall–Kier alpha value is -1.16. The summed E-state index contributed by atoms with van der Waals surface area (Å²) in [7, 11) is 1.76. The van der Waals surface area contributed by atoms with Crippen LogP contribution >= 0.6 is 11.6 Å². The lowest BCUT2D eigenvalue weighted by Crippen LogP contribution is -2.29. The van der Waals surface area contributed by atoms with Crippen molar-refractivity contribution < 1.29 is 4.79 Å². The van der Waals surface area contributed by atoms with Crippen molar-refractivity contribution >= 4 is 17.5 Å². The van der Waals surface area contributed by atoms with Gasteiger partial charge in [0.2, 0.25) is 0 Å². The largest absolute Gasteiger partial charge is 0.340 e. The molecule has 0 atom stereocenters. The van der Waals surface area contributed by atoms with E-state index in [1.807, 2.05) is 0 Å². The van der Waals surface area contributed by atoms with Crippen molar-refractivity contribution in [2.75, 3.05) is 13.6 Å². The van der Waals surface area contributed by atoms with Crippen molar-refractivity contribution in [3.05, 3.63) is 23.2 Å². The van der Waals surface area contributed by atoms with Gasteiger partial charge in [-0.3, -0.25) is 9.78 Å². The van der Waals surface area contributed by atoms with E-state index >= 15 is 0 Å². The van der Waals surface area contributed by atoms with Gasteiger partial charge in [-0.2, -0.15) is 0 Å². The first-order valence-corrected chi connectivity index (χ1v) is 5.61. The highest BCUT2D eigenvalue weighted by Gasteiger charge is 2.13. The molecule has 0 fully saturated rings. The van der Waals surface area contributed by atoms with Gasteiger partial charge in [0.15, 0.2) is 0 Å². The van der Waals surface area contributed by atoms with Gasteiger partial charge in [0.1, 0.15) is 10.8 Å². The smallest absolute Gasteiger partial charge is 0.273 e. The molecule has 1 aromatic heterocycles. The van der Waals surface area contributed by atoms with Gasteiger partial charge in [-0.1, -0.05) is 25.4 Å². The monoisotopic (exact) mass is 241 g/mol. The molecule has 4 nitrogen and oxygen atoms in total. The topological polar surface area (TPSA) is 46.1 Å². The minimum atomic E-state index is -0.143. The van der Waals surface area contributed by atoms with Crippen molar-refractivity contribution in [1.29, 1.82) is 0 Å². The Morgan fingerprint density at radius 3 is 2.75 bits per heavy atom. The summed E-state index contributed by atoms with van der Waals surface area (Å²) in [5.74, 6) is 0.427. The normalized spacial score (nSPS) is 10.6. The van der Waals surface area contributed by atoms with E-state index in [4.69, 9.17) is 11.6 Å². The first kappa shape index (κ1) is 12.9. The second kappa shape index (κ2) is 5.80. The fourth-order valence-corrected chi connectivity index (χ4v) is 1.34. The number of hydrogen-bond donors (Lipinski definition) is 0. The average Bonchev–Trinajstić information content (AvgIpc) is 2.24. The molecule has 5 heteroatoms. The summed E-state index contributed by atoms with van der Waals surface area (Å²) in [6.45, 7) is 4.96. The Morgan fingerprint density at radius 1 is 1.50 bits per heavy atom. The van der Waals surface area contributed by atoms with Crippen LogP contribution in [0.25, 0.3) is 0 Å². The van der Waals surface area contributed by atoms with Crippen LogP contribution in [0, 0.1) is 5.92 Å². The molecule has 0 saturated carbocycles. The Labute approximate surface area is 101 Å². The molecule has 0 saturated heterocycles. The molecule has 0 radical (unpaired) electrons. The van der Waals surface area contributed by atoms with E-state index in [9.17, 15) is 4.79 Å². The molecule has 1 rings (SSSR count). The minimum Gasteiger partial charge on any atom is -0.340 e. The van der Waals surface area contributed by atoms with Crippen LogP contribution in [0.4, 0.5) is 0 Å². The Balaban J connectivity index is 2.63. The van der Waals surface area contributed by atoms with Gasteiger partial charge in [-0.05, 0) is 12.3 Å². The van der Waals surface area contributed by atoms with Crippen LogP contribution in [0.15, 0.2) is 12.4 Å². The fraction of sp³-hybridized carbons (Fsp3) is 0.545. The highest BCUT2D eigenvalue weighted by atomic mass is 35.5. The van der Waals surface area contributed by atoms with Crippen LogP contribution in [0.1, 0.15) is 30.8 Å². The molecule has 1 heterocycles. The summed E-state index contributed by atoms with van der Waals surface area (Å²) in [5.41, 5.74) is 0.291. The van der Waals surface area contributed by atoms with Crippen LogP contribution in [0.3, 0.4) is 0 Å². The van der Waals surface area contributed by atoms with E-state index in [2.05, 4.69) is 23.8 Å². The second-order valence-electron chi connectivity index (χ2n) is 4.14. The van der Waals surface area contributed by atoms with E-state index in [-0.39, 0.29) is 11.1 Å². The summed E-state index contributed by atoms with van der Waals surface area (Å²) in [6, 6.07) is 0. The molecule has 0 aromatic carbocycles. The van der Waals surface area contributed by atoms with E-state index in [1.165, 1.54) is 12.4 Å². The minimum absolute atomic E-state index is 0.143. The maximum atomic E-state index is 11.9. The molecule has 1 amide bonds. The number of rotatable bonds is 4. The fourth-order valence-electron chi connectivity index (χ4n) is 1.19. The SMILES string of the molecule is CC(C)CCN(C)C(=O)c1cncc(Cl)n1. The third-order valence-electron chi connectivity index (χ3n) is 2.21. The zero-order valence-corrected chi connectivity index (χ0v) is 10.5. The predicted octanol–water partition coefficient (Wildman–Crippen LogP) is 2.25.